The molecular formula is C19H33N3O2. The van der Waals surface area contributed by atoms with E-state index in [9.17, 15) is 0 Å². The molecule has 0 aliphatic carbocycles. The first kappa shape index (κ1) is 19.0. The van der Waals surface area contributed by atoms with Gasteiger partial charge in [-0.15, -0.1) is 0 Å². The Morgan fingerprint density at radius 1 is 1.08 bits per heavy atom. The van der Waals surface area contributed by atoms with Crippen LogP contribution >= 0.6 is 0 Å². The van der Waals surface area contributed by atoms with Gasteiger partial charge >= 0.3 is 0 Å². The quantitative estimate of drug-likeness (QED) is 0.748. The molecule has 24 heavy (non-hydrogen) atoms. The number of rotatable bonds is 9. The lowest BCUT2D eigenvalue weighted by Crippen LogP contribution is -2.40. The molecule has 0 atom stereocenters. The molecule has 0 spiro atoms. The zero-order chi connectivity index (χ0) is 17.4. The van der Waals surface area contributed by atoms with Gasteiger partial charge in [-0.3, -0.25) is 0 Å². The summed E-state index contributed by atoms with van der Waals surface area (Å²) in [6.45, 7) is 6.74. The fourth-order valence-electron chi connectivity index (χ4n) is 3.14. The second-order valence-electron chi connectivity index (χ2n) is 6.94. The van der Waals surface area contributed by atoms with Crippen molar-refractivity contribution in [3.63, 3.8) is 0 Å². The minimum absolute atomic E-state index is 0.785. The van der Waals surface area contributed by atoms with Gasteiger partial charge in [0.25, 0.3) is 0 Å². The Labute approximate surface area is 146 Å². The molecule has 0 aromatic heterocycles. The number of likely N-dealkylation sites (tertiary alicyclic amines) is 1. The van der Waals surface area contributed by atoms with E-state index in [4.69, 9.17) is 9.47 Å². The number of likely N-dealkylation sites (N-methyl/N-ethyl adjacent to an activating group) is 1. The van der Waals surface area contributed by atoms with Crippen molar-refractivity contribution >= 4 is 0 Å². The molecule has 0 bridgehead atoms. The van der Waals surface area contributed by atoms with Crippen molar-refractivity contribution in [2.45, 2.75) is 19.4 Å². The predicted molar refractivity (Wildman–Crippen MR) is 99.0 cm³/mol. The van der Waals surface area contributed by atoms with Gasteiger partial charge in [-0.25, -0.2) is 0 Å². The Balaban J connectivity index is 1.70. The lowest BCUT2D eigenvalue weighted by molar-refractivity contribution is 0.169. The summed E-state index contributed by atoms with van der Waals surface area (Å²) in [6.07, 6.45) is 2.59. The second-order valence-corrected chi connectivity index (χ2v) is 6.94. The molecule has 1 fully saturated rings. The zero-order valence-corrected chi connectivity index (χ0v) is 15.7. The summed E-state index contributed by atoms with van der Waals surface area (Å²) in [5.41, 5.74) is 1.20. The standard InChI is InChI=1S/C19H33N3O2/c1-21(2)9-10-22-7-5-16(6-8-22)14-20-15-17-11-18(23-3)13-19(12-17)24-4/h11-13,16,20H,5-10,14-15H2,1-4H3. The van der Waals surface area contributed by atoms with Gasteiger partial charge in [0, 0.05) is 25.7 Å². The normalized spacial score (nSPS) is 16.5. The molecule has 2 rings (SSSR count). The van der Waals surface area contributed by atoms with Crippen LogP contribution in [-0.4, -0.2) is 70.8 Å². The van der Waals surface area contributed by atoms with Gasteiger partial charge in [-0.1, -0.05) is 0 Å². The third-order valence-corrected chi connectivity index (χ3v) is 4.74. The van der Waals surface area contributed by atoms with Crippen LogP contribution in [0.4, 0.5) is 0 Å². The van der Waals surface area contributed by atoms with E-state index in [0.29, 0.717) is 0 Å². The van der Waals surface area contributed by atoms with Crippen molar-refractivity contribution in [3.8, 4) is 11.5 Å². The van der Waals surface area contributed by atoms with Crippen LogP contribution in [0.15, 0.2) is 18.2 Å². The van der Waals surface area contributed by atoms with Gasteiger partial charge < -0.3 is 24.6 Å². The van der Waals surface area contributed by atoms with Crippen LogP contribution in [0.1, 0.15) is 18.4 Å². The van der Waals surface area contributed by atoms with Gasteiger partial charge in [0.05, 0.1) is 14.2 Å². The summed E-state index contributed by atoms with van der Waals surface area (Å²) < 4.78 is 10.7. The third-order valence-electron chi connectivity index (χ3n) is 4.74. The Morgan fingerprint density at radius 3 is 2.25 bits per heavy atom. The average molecular weight is 335 g/mol. The number of methoxy groups -OCH3 is 2. The van der Waals surface area contributed by atoms with Gasteiger partial charge in [0.15, 0.2) is 0 Å². The van der Waals surface area contributed by atoms with Gasteiger partial charge in [0.2, 0.25) is 0 Å². The topological polar surface area (TPSA) is 37.0 Å². The SMILES string of the molecule is COc1cc(CNCC2CCN(CCN(C)C)CC2)cc(OC)c1. The van der Waals surface area contributed by atoms with E-state index in [2.05, 4.69) is 41.3 Å². The first-order valence-electron chi connectivity index (χ1n) is 8.90. The largest absolute Gasteiger partial charge is 0.497 e. The van der Waals surface area contributed by atoms with E-state index in [1.165, 1.54) is 38.0 Å². The molecule has 1 aliphatic heterocycles. The lowest BCUT2D eigenvalue weighted by Gasteiger charge is -2.32. The maximum atomic E-state index is 5.33. The number of hydrogen-bond donors (Lipinski definition) is 1. The molecule has 1 heterocycles. The maximum absolute atomic E-state index is 5.33. The fraction of sp³-hybridized carbons (Fsp3) is 0.684. The highest BCUT2D eigenvalue weighted by molar-refractivity contribution is 5.38. The van der Waals surface area contributed by atoms with E-state index < -0.39 is 0 Å². The number of nitrogens with zero attached hydrogens (tertiary/aromatic N) is 2. The summed E-state index contributed by atoms with van der Waals surface area (Å²) >= 11 is 0. The molecule has 1 aromatic carbocycles. The smallest absolute Gasteiger partial charge is 0.122 e. The molecule has 5 heteroatoms. The van der Waals surface area contributed by atoms with E-state index >= 15 is 0 Å². The van der Waals surface area contributed by atoms with Crippen LogP contribution < -0.4 is 14.8 Å². The van der Waals surface area contributed by atoms with Gasteiger partial charge in [0.1, 0.15) is 11.5 Å². The first-order valence-corrected chi connectivity index (χ1v) is 8.90. The van der Waals surface area contributed by atoms with Crippen molar-refractivity contribution in [3.05, 3.63) is 23.8 Å². The monoisotopic (exact) mass is 335 g/mol. The number of hydrogen-bond acceptors (Lipinski definition) is 5. The summed E-state index contributed by atoms with van der Waals surface area (Å²) in [4.78, 5) is 4.85. The van der Waals surface area contributed by atoms with Crippen LogP contribution in [0.3, 0.4) is 0 Å². The highest BCUT2D eigenvalue weighted by atomic mass is 16.5. The van der Waals surface area contributed by atoms with E-state index in [1.54, 1.807) is 14.2 Å². The predicted octanol–water partition coefficient (Wildman–Crippen LogP) is 2.07. The summed E-state index contributed by atoms with van der Waals surface area (Å²) in [6, 6.07) is 6.05. The van der Waals surface area contributed by atoms with E-state index in [-0.39, 0.29) is 0 Å². The number of piperidine rings is 1. The van der Waals surface area contributed by atoms with Gasteiger partial charge in [-0.2, -0.15) is 0 Å². The maximum Gasteiger partial charge on any atom is 0.122 e. The second kappa shape index (κ2) is 9.87. The Kier molecular flexibility index (Phi) is 7.82. The average Bonchev–Trinajstić information content (AvgIpc) is 2.60. The molecule has 5 nitrogen and oxygen atoms in total. The first-order chi connectivity index (χ1) is 11.6. The van der Waals surface area contributed by atoms with Crippen LogP contribution in [0.5, 0.6) is 11.5 Å². The van der Waals surface area contributed by atoms with E-state index in [0.717, 1.165) is 37.1 Å². The summed E-state index contributed by atoms with van der Waals surface area (Å²) in [7, 11) is 7.67. The minimum Gasteiger partial charge on any atom is -0.497 e. The third kappa shape index (κ3) is 6.30. The van der Waals surface area contributed by atoms with Crippen LogP contribution in [0.2, 0.25) is 0 Å². The zero-order valence-electron chi connectivity index (χ0n) is 15.7. The molecule has 136 valence electrons. The fourth-order valence-corrected chi connectivity index (χ4v) is 3.14. The van der Waals surface area contributed by atoms with Crippen LogP contribution in [0, 0.1) is 5.92 Å². The Bertz CT molecular complexity index is 463. The molecule has 1 aliphatic rings. The van der Waals surface area contributed by atoms with Crippen LogP contribution in [-0.2, 0) is 6.54 Å². The number of nitrogens with one attached hydrogen (secondary N) is 1. The molecule has 0 radical (unpaired) electrons. The van der Waals surface area contributed by atoms with Crippen molar-refractivity contribution in [2.24, 2.45) is 5.92 Å². The molecule has 1 N–H and O–H groups in total. The van der Waals surface area contributed by atoms with Crippen molar-refractivity contribution in [1.82, 2.24) is 15.1 Å². The highest BCUT2D eigenvalue weighted by Crippen LogP contribution is 2.22. The van der Waals surface area contributed by atoms with Gasteiger partial charge in [-0.05, 0) is 70.2 Å². The number of benzene rings is 1. The van der Waals surface area contributed by atoms with Crippen molar-refractivity contribution in [1.29, 1.82) is 0 Å². The number of ether oxygens (including phenoxy) is 2. The van der Waals surface area contributed by atoms with Crippen molar-refractivity contribution in [2.75, 3.05) is 61.0 Å². The molecule has 1 saturated heterocycles. The molecule has 0 unspecified atom stereocenters. The molecular weight excluding hydrogens is 302 g/mol. The molecule has 0 saturated carbocycles. The van der Waals surface area contributed by atoms with Crippen LogP contribution in [0.25, 0.3) is 0 Å². The molecule has 0 amide bonds. The highest BCUT2D eigenvalue weighted by Gasteiger charge is 2.18. The Morgan fingerprint density at radius 2 is 1.71 bits per heavy atom. The summed E-state index contributed by atoms with van der Waals surface area (Å²) in [5, 5.41) is 3.60. The molecule has 1 aromatic rings. The summed E-state index contributed by atoms with van der Waals surface area (Å²) in [5.74, 6) is 2.48. The van der Waals surface area contributed by atoms with E-state index in [1.807, 2.05) is 6.07 Å². The lowest BCUT2D eigenvalue weighted by atomic mass is 9.96. The minimum atomic E-state index is 0.785. The van der Waals surface area contributed by atoms with Crippen molar-refractivity contribution < 1.29 is 9.47 Å². The Hall–Kier alpha value is -1.30.